The first-order valence-electron chi connectivity index (χ1n) is 3.52. The van der Waals surface area contributed by atoms with E-state index < -0.39 is 0 Å². The van der Waals surface area contributed by atoms with Crippen LogP contribution in [0.2, 0.25) is 0 Å². The summed E-state index contributed by atoms with van der Waals surface area (Å²) in [6.07, 6.45) is 3.78. The smallest absolute Gasteiger partial charge is 0.0468 e. The lowest BCUT2D eigenvalue weighted by atomic mass is 10.0. The van der Waals surface area contributed by atoms with Crippen molar-refractivity contribution in [2.24, 2.45) is 11.1 Å². The zero-order valence-electron chi connectivity index (χ0n) is 6.02. The highest BCUT2D eigenvalue weighted by molar-refractivity contribution is 4.93. The normalized spacial score (nSPS) is 22.0. The van der Waals surface area contributed by atoms with Gasteiger partial charge in [0, 0.05) is 13.7 Å². The fraction of sp³-hybridized carbons (Fsp3) is 1.00. The largest absolute Gasteiger partial charge is 0.385 e. The molecule has 54 valence electrons. The first-order chi connectivity index (χ1) is 4.33. The van der Waals surface area contributed by atoms with Crippen LogP contribution in [0.25, 0.3) is 0 Å². The lowest BCUT2D eigenvalue weighted by Gasteiger charge is -2.09. The molecule has 0 atom stereocenters. The molecule has 0 aromatic rings. The SMILES string of the molecule is COCCC1(CN)CC1. The Morgan fingerprint density at radius 3 is 2.56 bits per heavy atom. The Morgan fingerprint density at radius 2 is 2.22 bits per heavy atom. The molecule has 0 aromatic heterocycles. The van der Waals surface area contributed by atoms with Crippen molar-refractivity contribution in [1.29, 1.82) is 0 Å². The molecule has 1 rings (SSSR count). The zero-order valence-corrected chi connectivity index (χ0v) is 6.02. The quantitative estimate of drug-likeness (QED) is 0.608. The summed E-state index contributed by atoms with van der Waals surface area (Å²) < 4.78 is 4.96. The van der Waals surface area contributed by atoms with E-state index >= 15 is 0 Å². The second-order valence-electron chi connectivity index (χ2n) is 2.95. The topological polar surface area (TPSA) is 35.2 Å². The second-order valence-corrected chi connectivity index (χ2v) is 2.95. The maximum atomic E-state index is 5.55. The van der Waals surface area contributed by atoms with Gasteiger partial charge in [0.1, 0.15) is 0 Å². The first-order valence-corrected chi connectivity index (χ1v) is 3.52. The molecule has 0 aromatic carbocycles. The van der Waals surface area contributed by atoms with E-state index in [2.05, 4.69) is 0 Å². The van der Waals surface area contributed by atoms with Crippen LogP contribution in [0.5, 0.6) is 0 Å². The fourth-order valence-corrected chi connectivity index (χ4v) is 1.05. The third-order valence-electron chi connectivity index (χ3n) is 2.23. The van der Waals surface area contributed by atoms with Gasteiger partial charge in [0.15, 0.2) is 0 Å². The Morgan fingerprint density at radius 1 is 1.56 bits per heavy atom. The minimum Gasteiger partial charge on any atom is -0.385 e. The van der Waals surface area contributed by atoms with Crippen LogP contribution in [0, 0.1) is 5.41 Å². The van der Waals surface area contributed by atoms with Crippen LogP contribution in [0.4, 0.5) is 0 Å². The van der Waals surface area contributed by atoms with E-state index in [1.165, 1.54) is 12.8 Å². The van der Waals surface area contributed by atoms with Crippen molar-refractivity contribution in [3.63, 3.8) is 0 Å². The molecule has 1 aliphatic rings. The summed E-state index contributed by atoms with van der Waals surface area (Å²) in [6.45, 7) is 1.72. The Kier molecular flexibility index (Phi) is 2.09. The molecule has 2 nitrogen and oxygen atoms in total. The third-order valence-corrected chi connectivity index (χ3v) is 2.23. The molecule has 0 aliphatic heterocycles. The molecule has 2 heteroatoms. The molecular weight excluding hydrogens is 114 g/mol. The van der Waals surface area contributed by atoms with E-state index in [9.17, 15) is 0 Å². The predicted molar refractivity (Wildman–Crippen MR) is 37.2 cm³/mol. The van der Waals surface area contributed by atoms with E-state index in [4.69, 9.17) is 10.5 Å². The Hall–Kier alpha value is -0.0800. The summed E-state index contributed by atoms with van der Waals surface area (Å²) in [4.78, 5) is 0. The third kappa shape index (κ3) is 1.66. The highest BCUT2D eigenvalue weighted by Crippen LogP contribution is 2.47. The molecule has 0 heterocycles. The summed E-state index contributed by atoms with van der Waals surface area (Å²) >= 11 is 0. The maximum Gasteiger partial charge on any atom is 0.0468 e. The number of hydrogen-bond acceptors (Lipinski definition) is 2. The van der Waals surface area contributed by atoms with Gasteiger partial charge in [-0.05, 0) is 31.2 Å². The number of rotatable bonds is 4. The molecule has 0 unspecified atom stereocenters. The van der Waals surface area contributed by atoms with E-state index in [-0.39, 0.29) is 0 Å². The van der Waals surface area contributed by atoms with Gasteiger partial charge in [-0.1, -0.05) is 0 Å². The second kappa shape index (κ2) is 2.67. The van der Waals surface area contributed by atoms with Gasteiger partial charge in [0.25, 0.3) is 0 Å². The standard InChI is InChI=1S/C7H15NO/c1-9-5-4-7(6-8)2-3-7/h2-6,8H2,1H3. The van der Waals surface area contributed by atoms with Crippen LogP contribution < -0.4 is 5.73 Å². The molecule has 0 bridgehead atoms. The summed E-state index contributed by atoms with van der Waals surface area (Å²) in [7, 11) is 1.74. The van der Waals surface area contributed by atoms with Crippen LogP contribution in [0.1, 0.15) is 19.3 Å². The maximum absolute atomic E-state index is 5.55. The molecule has 9 heavy (non-hydrogen) atoms. The van der Waals surface area contributed by atoms with E-state index in [1.54, 1.807) is 7.11 Å². The van der Waals surface area contributed by atoms with Crippen LogP contribution in [0.3, 0.4) is 0 Å². The first kappa shape index (κ1) is 7.03. The highest BCUT2D eigenvalue weighted by atomic mass is 16.5. The lowest BCUT2D eigenvalue weighted by Crippen LogP contribution is -2.16. The van der Waals surface area contributed by atoms with Gasteiger partial charge in [0.05, 0.1) is 0 Å². The van der Waals surface area contributed by atoms with Gasteiger partial charge in [0.2, 0.25) is 0 Å². The molecule has 0 saturated heterocycles. The zero-order chi connectivity index (χ0) is 6.74. The van der Waals surface area contributed by atoms with Gasteiger partial charge in [-0.3, -0.25) is 0 Å². The minimum atomic E-state index is 0.496. The Bertz CT molecular complexity index is 88.9. The molecular formula is C7H15NO. The molecule has 0 amide bonds. The van der Waals surface area contributed by atoms with E-state index in [0.717, 1.165) is 19.6 Å². The van der Waals surface area contributed by atoms with E-state index in [0.29, 0.717) is 5.41 Å². The number of ether oxygens (including phenoxy) is 1. The van der Waals surface area contributed by atoms with Gasteiger partial charge >= 0.3 is 0 Å². The predicted octanol–water partition coefficient (Wildman–Crippen LogP) is 0.762. The van der Waals surface area contributed by atoms with Gasteiger partial charge < -0.3 is 10.5 Å². The van der Waals surface area contributed by atoms with Crippen molar-refractivity contribution in [3.8, 4) is 0 Å². The van der Waals surface area contributed by atoms with Crippen LogP contribution in [0.15, 0.2) is 0 Å². The van der Waals surface area contributed by atoms with Crippen LogP contribution in [-0.4, -0.2) is 20.3 Å². The van der Waals surface area contributed by atoms with Gasteiger partial charge in [-0.15, -0.1) is 0 Å². The molecule has 1 aliphatic carbocycles. The van der Waals surface area contributed by atoms with Crippen LogP contribution in [-0.2, 0) is 4.74 Å². The number of nitrogens with two attached hydrogens (primary N) is 1. The molecule has 0 spiro atoms. The average molecular weight is 129 g/mol. The lowest BCUT2D eigenvalue weighted by molar-refractivity contribution is 0.174. The minimum absolute atomic E-state index is 0.496. The molecule has 1 fully saturated rings. The van der Waals surface area contributed by atoms with Crippen molar-refractivity contribution in [2.45, 2.75) is 19.3 Å². The molecule has 0 radical (unpaired) electrons. The van der Waals surface area contributed by atoms with Gasteiger partial charge in [-0.25, -0.2) is 0 Å². The summed E-state index contributed by atoms with van der Waals surface area (Å²) in [5.41, 5.74) is 6.05. The van der Waals surface area contributed by atoms with Gasteiger partial charge in [-0.2, -0.15) is 0 Å². The monoisotopic (exact) mass is 129 g/mol. The number of methoxy groups -OCH3 is 1. The fourth-order valence-electron chi connectivity index (χ4n) is 1.05. The molecule has 2 N–H and O–H groups in total. The van der Waals surface area contributed by atoms with Crippen molar-refractivity contribution in [3.05, 3.63) is 0 Å². The van der Waals surface area contributed by atoms with Crippen LogP contribution >= 0.6 is 0 Å². The van der Waals surface area contributed by atoms with Crippen molar-refractivity contribution in [1.82, 2.24) is 0 Å². The van der Waals surface area contributed by atoms with Crippen molar-refractivity contribution in [2.75, 3.05) is 20.3 Å². The summed E-state index contributed by atoms with van der Waals surface area (Å²) in [6, 6.07) is 0. The molecule has 1 saturated carbocycles. The Labute approximate surface area is 56.4 Å². The van der Waals surface area contributed by atoms with E-state index in [1.807, 2.05) is 0 Å². The van der Waals surface area contributed by atoms with Crippen molar-refractivity contribution < 1.29 is 4.74 Å². The Balaban J connectivity index is 2.10. The van der Waals surface area contributed by atoms with Crippen molar-refractivity contribution >= 4 is 0 Å². The summed E-state index contributed by atoms with van der Waals surface area (Å²) in [5.74, 6) is 0. The summed E-state index contributed by atoms with van der Waals surface area (Å²) in [5, 5.41) is 0. The average Bonchev–Trinajstić information content (AvgIpc) is 2.65. The highest BCUT2D eigenvalue weighted by Gasteiger charge is 2.40. The number of hydrogen-bond donors (Lipinski definition) is 1.